The summed E-state index contributed by atoms with van der Waals surface area (Å²) in [5, 5.41) is 5.56. The second kappa shape index (κ2) is 10.0. The summed E-state index contributed by atoms with van der Waals surface area (Å²) in [4.78, 5) is 39.6. The second-order valence-corrected chi connectivity index (χ2v) is 8.29. The number of amides is 4. The van der Waals surface area contributed by atoms with E-state index in [0.29, 0.717) is 30.0 Å². The Kier molecular flexibility index (Phi) is 6.93. The number of ether oxygens (including phenoxy) is 2. The van der Waals surface area contributed by atoms with E-state index in [1.165, 1.54) is 0 Å². The number of rotatable bonds is 8. The van der Waals surface area contributed by atoms with Gasteiger partial charge in [-0.3, -0.25) is 14.5 Å². The quantitative estimate of drug-likeness (QED) is 0.600. The van der Waals surface area contributed by atoms with Gasteiger partial charge in [-0.1, -0.05) is 49.4 Å². The van der Waals surface area contributed by atoms with E-state index < -0.39 is 23.4 Å². The van der Waals surface area contributed by atoms with E-state index in [1.54, 1.807) is 30.3 Å². The lowest BCUT2D eigenvalue weighted by molar-refractivity contribution is -0.134. The number of nitrogens with zero attached hydrogens (tertiary/aromatic N) is 1. The van der Waals surface area contributed by atoms with Gasteiger partial charge < -0.3 is 20.1 Å². The number of benzene rings is 2. The van der Waals surface area contributed by atoms with Gasteiger partial charge in [0, 0.05) is 6.61 Å². The minimum absolute atomic E-state index is 0.0357. The summed E-state index contributed by atoms with van der Waals surface area (Å²) >= 11 is 0. The van der Waals surface area contributed by atoms with Gasteiger partial charge >= 0.3 is 6.03 Å². The fourth-order valence-corrected chi connectivity index (χ4v) is 4.28. The van der Waals surface area contributed by atoms with Crippen molar-refractivity contribution in [3.8, 4) is 5.75 Å². The molecule has 0 saturated carbocycles. The molecule has 2 N–H and O–H groups in total. The van der Waals surface area contributed by atoms with Crippen LogP contribution >= 0.6 is 0 Å². The van der Waals surface area contributed by atoms with Crippen LogP contribution in [0.4, 0.5) is 10.5 Å². The van der Waals surface area contributed by atoms with E-state index in [-0.39, 0.29) is 12.6 Å². The minimum atomic E-state index is -1.17. The Labute approximate surface area is 193 Å². The topological polar surface area (TPSA) is 97.0 Å². The fraction of sp³-hybridized carbons (Fsp3) is 0.400. The summed E-state index contributed by atoms with van der Waals surface area (Å²) < 4.78 is 11.6. The van der Waals surface area contributed by atoms with Gasteiger partial charge in [0.25, 0.3) is 5.91 Å². The highest BCUT2D eigenvalue weighted by Crippen LogP contribution is 2.32. The van der Waals surface area contributed by atoms with Crippen molar-refractivity contribution in [1.29, 1.82) is 0 Å². The molecule has 4 amide bonds. The first-order valence-electron chi connectivity index (χ1n) is 11.4. The predicted octanol–water partition coefficient (Wildman–Crippen LogP) is 3.43. The molecule has 8 heteroatoms. The largest absolute Gasteiger partial charge is 0.489 e. The molecule has 2 saturated heterocycles. The Morgan fingerprint density at radius 1 is 1.15 bits per heavy atom. The number of carbonyl (C=O) groups excluding carboxylic acids is 3. The molecule has 2 heterocycles. The summed E-state index contributed by atoms with van der Waals surface area (Å²) in [5.41, 5.74) is 0.00669. The lowest BCUT2D eigenvalue weighted by atomic mass is 9.87. The van der Waals surface area contributed by atoms with E-state index in [9.17, 15) is 14.4 Å². The normalized spacial score (nSPS) is 22.7. The van der Waals surface area contributed by atoms with Gasteiger partial charge in [-0.25, -0.2) is 4.79 Å². The summed E-state index contributed by atoms with van der Waals surface area (Å²) in [6.45, 7) is 2.58. The molecule has 0 bridgehead atoms. The molecule has 33 heavy (non-hydrogen) atoms. The van der Waals surface area contributed by atoms with Crippen molar-refractivity contribution in [1.82, 2.24) is 10.2 Å². The number of para-hydroxylation sites is 2. The molecule has 2 fully saturated rings. The number of hydrogen-bond acceptors (Lipinski definition) is 5. The molecule has 2 aliphatic rings. The van der Waals surface area contributed by atoms with E-state index in [4.69, 9.17) is 9.47 Å². The van der Waals surface area contributed by atoms with Crippen molar-refractivity contribution in [3.63, 3.8) is 0 Å². The Hall–Kier alpha value is -3.39. The molecule has 0 radical (unpaired) electrons. The van der Waals surface area contributed by atoms with Crippen LogP contribution in [0.5, 0.6) is 5.75 Å². The number of carbonyl (C=O) groups is 3. The van der Waals surface area contributed by atoms with Crippen molar-refractivity contribution in [3.05, 3.63) is 60.2 Å². The van der Waals surface area contributed by atoms with E-state index in [1.807, 2.05) is 31.2 Å². The minimum Gasteiger partial charge on any atom is -0.489 e. The third-order valence-corrected chi connectivity index (χ3v) is 6.13. The third kappa shape index (κ3) is 4.85. The van der Waals surface area contributed by atoms with Crippen LogP contribution in [0.3, 0.4) is 0 Å². The van der Waals surface area contributed by atoms with Gasteiger partial charge in [0.15, 0.2) is 0 Å². The number of anilines is 1. The number of imide groups is 1. The van der Waals surface area contributed by atoms with Crippen molar-refractivity contribution < 1.29 is 23.9 Å². The average Bonchev–Trinajstić information content (AvgIpc) is 3.10. The van der Waals surface area contributed by atoms with Gasteiger partial charge in [-0.2, -0.15) is 0 Å². The van der Waals surface area contributed by atoms with Crippen LogP contribution in [-0.4, -0.2) is 48.6 Å². The van der Waals surface area contributed by atoms with Gasteiger partial charge in [-0.15, -0.1) is 0 Å². The average molecular weight is 452 g/mol. The van der Waals surface area contributed by atoms with Crippen molar-refractivity contribution >= 4 is 23.5 Å². The molecule has 2 aromatic carbocycles. The lowest BCUT2D eigenvalue weighted by Gasteiger charge is -2.25. The zero-order valence-corrected chi connectivity index (χ0v) is 18.7. The van der Waals surface area contributed by atoms with Crippen molar-refractivity contribution in [2.75, 3.05) is 25.1 Å². The van der Waals surface area contributed by atoms with E-state index >= 15 is 0 Å². The van der Waals surface area contributed by atoms with Gasteiger partial charge in [0.05, 0.1) is 11.8 Å². The first-order chi connectivity index (χ1) is 16.0. The maximum atomic E-state index is 13.2. The molecule has 0 aliphatic carbocycles. The van der Waals surface area contributed by atoms with Crippen LogP contribution in [0.15, 0.2) is 54.6 Å². The Morgan fingerprint density at radius 3 is 2.64 bits per heavy atom. The molecule has 2 aliphatic heterocycles. The van der Waals surface area contributed by atoms with Crippen LogP contribution in [0.2, 0.25) is 0 Å². The molecule has 0 aromatic heterocycles. The molecule has 174 valence electrons. The predicted molar refractivity (Wildman–Crippen MR) is 123 cm³/mol. The zero-order valence-electron chi connectivity index (χ0n) is 18.7. The van der Waals surface area contributed by atoms with Crippen LogP contribution in [-0.2, 0) is 19.9 Å². The molecule has 2 unspecified atom stereocenters. The van der Waals surface area contributed by atoms with E-state index in [2.05, 4.69) is 10.6 Å². The molecule has 8 nitrogen and oxygen atoms in total. The van der Waals surface area contributed by atoms with Crippen LogP contribution in [0.25, 0.3) is 0 Å². The number of nitrogens with one attached hydrogen (secondary N) is 2. The zero-order chi connectivity index (χ0) is 23.3. The van der Waals surface area contributed by atoms with Crippen LogP contribution in [0, 0.1) is 0 Å². The molecule has 2 aromatic rings. The first-order valence-corrected chi connectivity index (χ1v) is 11.4. The summed E-state index contributed by atoms with van der Waals surface area (Å²) in [7, 11) is 0. The lowest BCUT2D eigenvalue weighted by Crippen LogP contribution is -2.44. The van der Waals surface area contributed by atoms with Crippen molar-refractivity contribution in [2.45, 2.75) is 44.2 Å². The molecule has 0 spiro atoms. The molecule has 2 atom stereocenters. The monoisotopic (exact) mass is 451 g/mol. The Bertz CT molecular complexity index is 1010. The van der Waals surface area contributed by atoms with Gasteiger partial charge in [0.1, 0.15) is 24.4 Å². The second-order valence-electron chi connectivity index (χ2n) is 8.29. The third-order valence-electron chi connectivity index (χ3n) is 6.13. The van der Waals surface area contributed by atoms with E-state index in [0.717, 1.165) is 30.8 Å². The van der Waals surface area contributed by atoms with Crippen LogP contribution < -0.4 is 15.4 Å². The highest BCUT2D eigenvalue weighted by molar-refractivity contribution is 6.10. The SMILES string of the molecule is CCC1(c2ccccc2)NC(=O)N(CC(=O)Nc2ccccc2OCC2CCCCO2)C1=O. The number of hydrogen-bond donors (Lipinski definition) is 2. The smallest absolute Gasteiger partial charge is 0.325 e. The fourth-order valence-electron chi connectivity index (χ4n) is 4.28. The molecular weight excluding hydrogens is 422 g/mol. The Morgan fingerprint density at radius 2 is 1.91 bits per heavy atom. The molecule has 4 rings (SSSR count). The van der Waals surface area contributed by atoms with Crippen molar-refractivity contribution in [2.24, 2.45) is 0 Å². The van der Waals surface area contributed by atoms with Gasteiger partial charge in [0.2, 0.25) is 5.91 Å². The summed E-state index contributed by atoms with van der Waals surface area (Å²) in [5.74, 6) is -0.400. The highest BCUT2D eigenvalue weighted by atomic mass is 16.5. The Balaban J connectivity index is 1.42. The molecular formula is C25H29N3O5. The maximum absolute atomic E-state index is 13.2. The standard InChI is InChI=1S/C25H29N3O5/c1-2-25(18-10-4-3-5-11-18)23(30)28(24(31)27-25)16-22(29)26-20-13-6-7-14-21(20)33-17-19-12-8-9-15-32-19/h3-7,10-11,13-14,19H,2,8-9,12,15-17H2,1H3,(H,26,29)(H,27,31). The summed E-state index contributed by atoms with van der Waals surface area (Å²) in [6.07, 6.45) is 3.53. The highest BCUT2D eigenvalue weighted by Gasteiger charge is 2.51. The summed E-state index contributed by atoms with van der Waals surface area (Å²) in [6, 6.07) is 15.6. The maximum Gasteiger partial charge on any atom is 0.325 e. The first kappa shape index (κ1) is 22.8. The van der Waals surface area contributed by atoms with Crippen LogP contribution in [0.1, 0.15) is 38.2 Å². The number of urea groups is 1. The van der Waals surface area contributed by atoms with Gasteiger partial charge in [-0.05, 0) is 43.4 Å².